The Morgan fingerprint density at radius 3 is 0.911 bits per heavy atom. The minimum absolute atomic E-state index is 1.25. The molecule has 0 saturated heterocycles. The van der Waals surface area contributed by atoms with Gasteiger partial charge in [-0.2, -0.15) is 0 Å². The van der Waals surface area contributed by atoms with Crippen LogP contribution in [0.3, 0.4) is 0 Å². The fourth-order valence-corrected chi connectivity index (χ4v) is 11.3. The zero-order valence-electron chi connectivity index (χ0n) is 33.2. The molecular formula is C54H46Si2. The third kappa shape index (κ3) is 5.79. The Labute approximate surface area is 332 Å². The molecule has 0 aromatic heterocycles. The second kappa shape index (κ2) is 12.9. The molecule has 0 bridgehead atoms. The normalized spacial score (nSPS) is 12.5. The molecule has 0 aliphatic carbocycles. The first-order valence-electron chi connectivity index (χ1n) is 20.0. The van der Waals surface area contributed by atoms with Crippen LogP contribution in [0.5, 0.6) is 0 Å². The Morgan fingerprint density at radius 2 is 0.571 bits per heavy atom. The quantitative estimate of drug-likeness (QED) is 0.117. The fourth-order valence-electron chi connectivity index (χ4n) is 8.96. The van der Waals surface area contributed by atoms with Gasteiger partial charge in [0.05, 0.1) is 16.1 Å². The maximum Gasteiger partial charge on any atom is 0.0775 e. The molecule has 0 spiro atoms. The van der Waals surface area contributed by atoms with Crippen molar-refractivity contribution in [1.29, 1.82) is 0 Å². The molecule has 0 heterocycles. The molecule has 0 saturated carbocycles. The van der Waals surface area contributed by atoms with Crippen LogP contribution in [-0.2, 0) is 0 Å². The standard InChI is InChI=1S/C54H46Si2/c1-55(2,3)43-23-19-37(20-24-43)49-33-51(41-17-15-35-11-7-9-13-39(35)31-41)47-30-28-46-50(38-21-25-44(26-22-38)56(4,5)6)34-52(48-29-27-45(49)53(47)54(46)48)42-18-16-36-12-8-10-14-40(36)32-42/h7-34H,1-6H3. The van der Waals surface area contributed by atoms with E-state index >= 15 is 0 Å². The Hall–Kier alpha value is -5.81. The van der Waals surface area contributed by atoms with Crippen molar-refractivity contribution in [3.05, 3.63) is 170 Å². The summed E-state index contributed by atoms with van der Waals surface area (Å²) in [5.41, 5.74) is 10.2. The number of rotatable bonds is 6. The molecule has 10 rings (SSSR count). The summed E-state index contributed by atoms with van der Waals surface area (Å²) in [4.78, 5) is 0. The zero-order valence-corrected chi connectivity index (χ0v) is 35.2. The number of fused-ring (bicyclic) bond motifs is 2. The molecule has 0 N–H and O–H groups in total. The molecule has 2 heteroatoms. The zero-order chi connectivity index (χ0) is 38.3. The van der Waals surface area contributed by atoms with Gasteiger partial charge in [-0.15, -0.1) is 0 Å². The third-order valence-electron chi connectivity index (χ3n) is 12.1. The van der Waals surface area contributed by atoms with Gasteiger partial charge in [-0.1, -0.05) is 195 Å². The molecule has 270 valence electrons. The van der Waals surface area contributed by atoms with E-state index in [0.717, 1.165) is 0 Å². The molecule has 56 heavy (non-hydrogen) atoms. The van der Waals surface area contributed by atoms with Gasteiger partial charge in [-0.25, -0.2) is 0 Å². The molecule has 0 aliphatic heterocycles. The van der Waals surface area contributed by atoms with Gasteiger partial charge in [-0.05, 0) is 123 Å². The summed E-state index contributed by atoms with van der Waals surface area (Å²) < 4.78 is 0. The Bertz CT molecular complexity index is 2910. The van der Waals surface area contributed by atoms with Crippen LogP contribution in [0.15, 0.2) is 170 Å². The summed E-state index contributed by atoms with van der Waals surface area (Å²) in [5.74, 6) is 0. The van der Waals surface area contributed by atoms with Crippen LogP contribution in [0, 0.1) is 0 Å². The summed E-state index contributed by atoms with van der Waals surface area (Å²) in [6.07, 6.45) is 0. The summed E-state index contributed by atoms with van der Waals surface area (Å²) >= 11 is 0. The van der Waals surface area contributed by atoms with E-state index in [4.69, 9.17) is 0 Å². The van der Waals surface area contributed by atoms with E-state index in [2.05, 4.69) is 209 Å². The van der Waals surface area contributed by atoms with Crippen molar-refractivity contribution in [2.24, 2.45) is 0 Å². The highest BCUT2D eigenvalue weighted by atomic mass is 28.3. The molecule has 0 fully saturated rings. The predicted octanol–water partition coefficient (Wildman–Crippen LogP) is 14.6. The van der Waals surface area contributed by atoms with Crippen molar-refractivity contribution in [1.82, 2.24) is 0 Å². The minimum atomic E-state index is -1.46. The smallest absolute Gasteiger partial charge is 0.0656 e. The highest BCUT2D eigenvalue weighted by Crippen LogP contribution is 2.48. The van der Waals surface area contributed by atoms with Gasteiger partial charge < -0.3 is 0 Å². The maximum atomic E-state index is 2.47. The first-order valence-corrected chi connectivity index (χ1v) is 27.0. The highest BCUT2D eigenvalue weighted by Gasteiger charge is 2.23. The minimum Gasteiger partial charge on any atom is -0.0656 e. The monoisotopic (exact) mass is 750 g/mol. The van der Waals surface area contributed by atoms with E-state index in [0.29, 0.717) is 0 Å². The van der Waals surface area contributed by atoms with Crippen molar-refractivity contribution in [3.63, 3.8) is 0 Å². The first-order chi connectivity index (χ1) is 27.0. The lowest BCUT2D eigenvalue weighted by Crippen LogP contribution is -2.37. The third-order valence-corrected chi connectivity index (χ3v) is 16.3. The number of hydrogen-bond donors (Lipinski definition) is 0. The van der Waals surface area contributed by atoms with Crippen LogP contribution in [0.1, 0.15) is 0 Å². The van der Waals surface area contributed by atoms with Gasteiger partial charge in [0, 0.05) is 0 Å². The summed E-state index contributed by atoms with van der Waals surface area (Å²) in [6.45, 7) is 14.6. The lowest BCUT2D eigenvalue weighted by Gasteiger charge is -2.22. The average molecular weight is 751 g/mol. The molecular weight excluding hydrogens is 705 g/mol. The second-order valence-corrected chi connectivity index (χ2v) is 27.9. The number of hydrogen-bond acceptors (Lipinski definition) is 0. The summed E-state index contributed by atoms with van der Waals surface area (Å²) in [6, 6.07) is 65.0. The van der Waals surface area contributed by atoms with Crippen LogP contribution in [0.4, 0.5) is 0 Å². The summed E-state index contributed by atoms with van der Waals surface area (Å²) in [5, 5.41) is 15.9. The van der Waals surface area contributed by atoms with Gasteiger partial charge in [0.2, 0.25) is 0 Å². The van der Waals surface area contributed by atoms with Crippen molar-refractivity contribution < 1.29 is 0 Å². The van der Waals surface area contributed by atoms with E-state index in [1.54, 1.807) is 0 Å². The molecule has 10 aromatic carbocycles. The van der Waals surface area contributed by atoms with E-state index < -0.39 is 16.1 Å². The molecule has 0 unspecified atom stereocenters. The van der Waals surface area contributed by atoms with E-state index in [9.17, 15) is 0 Å². The van der Waals surface area contributed by atoms with Gasteiger partial charge >= 0.3 is 0 Å². The Kier molecular flexibility index (Phi) is 7.97. The SMILES string of the molecule is C[Si](C)(C)c1ccc(-c2cc(-c3ccc4ccccc4c3)c3ccc4c(-c5ccc([Si](C)(C)C)cc5)cc(-c5ccc6ccccc6c5)c5ccc2c3c45)cc1. The molecule has 0 radical (unpaired) electrons. The van der Waals surface area contributed by atoms with Gasteiger partial charge in [0.1, 0.15) is 0 Å². The van der Waals surface area contributed by atoms with Gasteiger partial charge in [-0.3, -0.25) is 0 Å². The summed E-state index contributed by atoms with van der Waals surface area (Å²) in [7, 11) is -2.92. The highest BCUT2D eigenvalue weighted by molar-refractivity contribution is 6.89. The second-order valence-electron chi connectivity index (χ2n) is 17.8. The van der Waals surface area contributed by atoms with Crippen molar-refractivity contribution in [2.45, 2.75) is 39.3 Å². The predicted molar refractivity (Wildman–Crippen MR) is 253 cm³/mol. The molecule has 10 aromatic rings. The average Bonchev–Trinajstić information content (AvgIpc) is 3.21. The van der Waals surface area contributed by atoms with Crippen LogP contribution in [0.2, 0.25) is 39.3 Å². The van der Waals surface area contributed by atoms with E-state index in [1.807, 2.05) is 0 Å². The Morgan fingerprint density at radius 1 is 0.268 bits per heavy atom. The van der Waals surface area contributed by atoms with Crippen molar-refractivity contribution in [2.75, 3.05) is 0 Å². The largest absolute Gasteiger partial charge is 0.0775 e. The van der Waals surface area contributed by atoms with Crippen LogP contribution in [-0.4, -0.2) is 16.1 Å². The lowest BCUT2D eigenvalue weighted by atomic mass is 9.81. The van der Waals surface area contributed by atoms with E-state index in [-0.39, 0.29) is 0 Å². The van der Waals surface area contributed by atoms with Crippen molar-refractivity contribution in [3.8, 4) is 44.5 Å². The van der Waals surface area contributed by atoms with Gasteiger partial charge in [0.15, 0.2) is 0 Å². The molecule has 0 nitrogen and oxygen atoms in total. The van der Waals surface area contributed by atoms with Crippen molar-refractivity contribution >= 4 is 80.4 Å². The van der Waals surface area contributed by atoms with E-state index in [1.165, 1.54) is 109 Å². The first kappa shape index (κ1) is 34.7. The molecule has 0 amide bonds. The molecule has 0 atom stereocenters. The fraction of sp³-hybridized carbons (Fsp3) is 0.111. The van der Waals surface area contributed by atoms with Crippen LogP contribution >= 0.6 is 0 Å². The van der Waals surface area contributed by atoms with Crippen LogP contribution < -0.4 is 10.4 Å². The number of benzene rings is 10. The van der Waals surface area contributed by atoms with Gasteiger partial charge in [0.25, 0.3) is 0 Å². The maximum absolute atomic E-state index is 2.47. The van der Waals surface area contributed by atoms with Crippen LogP contribution in [0.25, 0.3) is 98.4 Å². The topological polar surface area (TPSA) is 0 Å². The Balaban J connectivity index is 1.33. The lowest BCUT2D eigenvalue weighted by molar-refractivity contribution is 1.63. The molecule has 0 aliphatic rings.